The molecule has 0 radical (unpaired) electrons. The van der Waals surface area contributed by atoms with E-state index in [4.69, 9.17) is 16.3 Å². The standard InChI is InChI=1S/C26H25ClF3N3O2S/c1-35-25(17-36-20-6-3-2-4-7-20)15-18(16-26(28,29)30)24(34)33(25)13-5-11-31-22-10-12-32-23-14-19(27)8-9-21(22)23/h2-4,6-10,12,14-15H,5,11,13,16-17H2,1H3,(H,31,32). The van der Waals surface area contributed by atoms with Crippen molar-refractivity contribution in [1.29, 1.82) is 0 Å². The van der Waals surface area contributed by atoms with Crippen molar-refractivity contribution in [2.75, 3.05) is 31.3 Å². The van der Waals surface area contributed by atoms with Crippen LogP contribution in [0.15, 0.2) is 77.3 Å². The molecule has 4 rings (SSSR count). The van der Waals surface area contributed by atoms with E-state index in [9.17, 15) is 18.0 Å². The van der Waals surface area contributed by atoms with Crippen LogP contribution in [0.5, 0.6) is 0 Å². The smallest absolute Gasteiger partial charge is 0.384 e. The van der Waals surface area contributed by atoms with Crippen LogP contribution in [0.3, 0.4) is 0 Å². The molecule has 1 atom stereocenters. The number of nitrogens with one attached hydrogen (secondary N) is 1. The first kappa shape index (κ1) is 26.3. The average Bonchev–Trinajstić information content (AvgIpc) is 3.10. The normalized spacial score (nSPS) is 18.1. The van der Waals surface area contributed by atoms with Crippen LogP contribution in [-0.2, 0) is 9.53 Å². The highest BCUT2D eigenvalue weighted by molar-refractivity contribution is 7.99. The number of carbonyl (C=O) groups excluding carboxylic acids is 1. The van der Waals surface area contributed by atoms with E-state index in [1.165, 1.54) is 29.8 Å². The second-order valence-electron chi connectivity index (χ2n) is 8.37. The number of aromatic nitrogens is 1. The molecule has 10 heteroatoms. The number of benzene rings is 2. The Kier molecular flexibility index (Phi) is 8.12. The lowest BCUT2D eigenvalue weighted by atomic mass is 10.1. The summed E-state index contributed by atoms with van der Waals surface area (Å²) in [4.78, 5) is 19.7. The van der Waals surface area contributed by atoms with Gasteiger partial charge in [-0.05, 0) is 48.9 Å². The molecule has 1 aliphatic heterocycles. The fraction of sp³-hybridized carbons (Fsp3) is 0.308. The molecule has 2 heterocycles. The van der Waals surface area contributed by atoms with Crippen LogP contribution in [0.25, 0.3) is 10.9 Å². The molecule has 0 fully saturated rings. The molecule has 1 unspecified atom stereocenters. The molecule has 0 aliphatic carbocycles. The van der Waals surface area contributed by atoms with Crippen molar-refractivity contribution in [3.05, 3.63) is 77.5 Å². The van der Waals surface area contributed by atoms with E-state index in [0.29, 0.717) is 18.0 Å². The number of hydrogen-bond donors (Lipinski definition) is 1. The summed E-state index contributed by atoms with van der Waals surface area (Å²) < 4.78 is 45.3. The first-order chi connectivity index (χ1) is 17.2. The molecule has 3 aromatic rings. The Morgan fingerprint density at radius 3 is 2.67 bits per heavy atom. The zero-order valence-corrected chi connectivity index (χ0v) is 21.1. The molecule has 0 bridgehead atoms. The molecule has 190 valence electrons. The van der Waals surface area contributed by atoms with Crippen LogP contribution in [0.4, 0.5) is 18.9 Å². The number of methoxy groups -OCH3 is 1. The van der Waals surface area contributed by atoms with E-state index in [-0.39, 0.29) is 17.9 Å². The maximum Gasteiger partial charge on any atom is 0.393 e. The van der Waals surface area contributed by atoms with Gasteiger partial charge in [0.05, 0.1) is 17.7 Å². The number of alkyl halides is 3. The minimum absolute atomic E-state index is 0.224. The van der Waals surface area contributed by atoms with Gasteiger partial charge in [0.15, 0.2) is 5.72 Å². The highest BCUT2D eigenvalue weighted by Crippen LogP contribution is 2.38. The van der Waals surface area contributed by atoms with Crippen molar-refractivity contribution in [1.82, 2.24) is 9.88 Å². The summed E-state index contributed by atoms with van der Waals surface area (Å²) in [6, 6.07) is 16.7. The van der Waals surface area contributed by atoms with Gasteiger partial charge in [-0.1, -0.05) is 29.8 Å². The molecule has 0 spiro atoms. The number of halogens is 4. The molecule has 1 aromatic heterocycles. The highest BCUT2D eigenvalue weighted by atomic mass is 35.5. The van der Waals surface area contributed by atoms with E-state index < -0.39 is 24.2 Å². The Labute approximate surface area is 216 Å². The minimum atomic E-state index is -4.49. The van der Waals surface area contributed by atoms with E-state index in [2.05, 4.69) is 10.3 Å². The lowest BCUT2D eigenvalue weighted by Gasteiger charge is -2.36. The predicted molar refractivity (Wildman–Crippen MR) is 137 cm³/mol. The second kappa shape index (κ2) is 11.1. The number of carbonyl (C=O) groups is 1. The molecule has 2 aromatic carbocycles. The van der Waals surface area contributed by atoms with Crippen LogP contribution in [0.2, 0.25) is 5.02 Å². The molecule has 5 nitrogen and oxygen atoms in total. The van der Waals surface area contributed by atoms with Crippen molar-refractivity contribution in [3.63, 3.8) is 0 Å². The fourth-order valence-electron chi connectivity index (χ4n) is 4.18. The monoisotopic (exact) mass is 535 g/mol. The third-order valence-electron chi connectivity index (χ3n) is 5.89. The number of ether oxygens (including phenoxy) is 1. The van der Waals surface area contributed by atoms with Crippen LogP contribution >= 0.6 is 23.4 Å². The quantitative estimate of drug-likeness (QED) is 0.236. The molecule has 0 saturated carbocycles. The van der Waals surface area contributed by atoms with Gasteiger partial charge in [0.25, 0.3) is 5.91 Å². The lowest BCUT2D eigenvalue weighted by Crippen LogP contribution is -2.50. The summed E-state index contributed by atoms with van der Waals surface area (Å²) in [6.07, 6.45) is -2.26. The zero-order valence-electron chi connectivity index (χ0n) is 19.5. The molecular weight excluding hydrogens is 511 g/mol. The van der Waals surface area contributed by atoms with Gasteiger partial charge >= 0.3 is 6.18 Å². The van der Waals surface area contributed by atoms with Crippen molar-refractivity contribution in [2.45, 2.75) is 29.6 Å². The third kappa shape index (κ3) is 6.14. The number of nitrogens with zero attached hydrogens (tertiary/aromatic N) is 2. The van der Waals surface area contributed by atoms with Crippen LogP contribution in [0, 0.1) is 0 Å². The molecule has 1 aliphatic rings. The maximum absolute atomic E-state index is 13.2. The number of rotatable bonds is 10. The van der Waals surface area contributed by atoms with E-state index in [0.717, 1.165) is 21.5 Å². The third-order valence-corrected chi connectivity index (χ3v) is 7.29. The molecule has 0 saturated heterocycles. The minimum Gasteiger partial charge on any atom is -0.384 e. The Hall–Kier alpha value is -2.75. The zero-order chi connectivity index (χ0) is 25.8. The maximum atomic E-state index is 13.2. The van der Waals surface area contributed by atoms with E-state index in [1.807, 2.05) is 42.5 Å². The molecule has 1 N–H and O–H groups in total. The van der Waals surface area contributed by atoms with Crippen LogP contribution in [-0.4, -0.2) is 53.6 Å². The summed E-state index contributed by atoms with van der Waals surface area (Å²) in [5.41, 5.74) is 0.0543. The summed E-state index contributed by atoms with van der Waals surface area (Å²) in [5.74, 6) is -0.379. The predicted octanol–water partition coefficient (Wildman–Crippen LogP) is 6.55. The van der Waals surface area contributed by atoms with Gasteiger partial charge in [-0.25, -0.2) is 0 Å². The van der Waals surface area contributed by atoms with Gasteiger partial charge in [-0.3, -0.25) is 9.78 Å². The van der Waals surface area contributed by atoms with E-state index >= 15 is 0 Å². The van der Waals surface area contributed by atoms with Crippen molar-refractivity contribution in [2.24, 2.45) is 0 Å². The Morgan fingerprint density at radius 1 is 1.17 bits per heavy atom. The lowest BCUT2D eigenvalue weighted by molar-refractivity contribution is -0.148. The summed E-state index contributed by atoms with van der Waals surface area (Å²) >= 11 is 7.48. The second-order valence-corrected chi connectivity index (χ2v) is 9.85. The molecule has 1 amide bonds. The van der Waals surface area contributed by atoms with Gasteiger partial charge in [0.2, 0.25) is 0 Å². The van der Waals surface area contributed by atoms with Crippen molar-refractivity contribution >= 4 is 45.9 Å². The number of amides is 1. The largest absolute Gasteiger partial charge is 0.393 e. The highest BCUT2D eigenvalue weighted by Gasteiger charge is 2.47. The Balaban J connectivity index is 1.47. The van der Waals surface area contributed by atoms with E-state index in [1.54, 1.807) is 18.3 Å². The average molecular weight is 536 g/mol. The van der Waals surface area contributed by atoms with Gasteiger partial charge in [-0.15, -0.1) is 11.8 Å². The first-order valence-electron chi connectivity index (χ1n) is 11.3. The fourth-order valence-corrected chi connectivity index (χ4v) is 5.42. The number of fused-ring (bicyclic) bond motifs is 1. The summed E-state index contributed by atoms with van der Waals surface area (Å²) in [6.45, 7) is 0.716. The van der Waals surface area contributed by atoms with Crippen molar-refractivity contribution in [3.8, 4) is 0 Å². The number of hydrogen-bond acceptors (Lipinski definition) is 5. The Morgan fingerprint density at radius 2 is 1.94 bits per heavy atom. The Bertz CT molecular complexity index is 1260. The van der Waals surface area contributed by atoms with Gasteiger partial charge < -0.3 is 15.0 Å². The van der Waals surface area contributed by atoms with Gasteiger partial charge in [-0.2, -0.15) is 13.2 Å². The number of anilines is 1. The topological polar surface area (TPSA) is 54.5 Å². The van der Waals surface area contributed by atoms with Crippen LogP contribution < -0.4 is 5.32 Å². The van der Waals surface area contributed by atoms with Crippen molar-refractivity contribution < 1.29 is 22.7 Å². The van der Waals surface area contributed by atoms with Gasteiger partial charge in [0, 0.05) is 53.0 Å². The van der Waals surface area contributed by atoms with Gasteiger partial charge in [0.1, 0.15) is 0 Å². The number of pyridine rings is 1. The first-order valence-corrected chi connectivity index (χ1v) is 12.7. The molecule has 36 heavy (non-hydrogen) atoms. The summed E-state index contributed by atoms with van der Waals surface area (Å²) in [5, 5.41) is 4.83. The molecular formula is C26H25ClF3N3O2S. The van der Waals surface area contributed by atoms with Crippen LogP contribution in [0.1, 0.15) is 12.8 Å². The number of thioether (sulfide) groups is 1. The SMILES string of the molecule is COC1(CSc2ccccc2)C=C(CC(F)(F)F)C(=O)N1CCCNc1ccnc2cc(Cl)ccc12. The summed E-state index contributed by atoms with van der Waals surface area (Å²) in [7, 11) is 1.42.